The van der Waals surface area contributed by atoms with Gasteiger partial charge in [-0.25, -0.2) is 0 Å². The summed E-state index contributed by atoms with van der Waals surface area (Å²) in [5.41, 5.74) is 7.52. The van der Waals surface area contributed by atoms with Gasteiger partial charge < -0.3 is 0 Å². The van der Waals surface area contributed by atoms with Gasteiger partial charge >= 0.3 is 0 Å². The molecule has 1 heteroatoms. The standard InChI is InChI=1S/C32H21I/c33-30-18-16-23(17-19-30)27-13-15-28-20-26(12-14-29(28)21-27)22-8-10-25(11-9-22)32-7-3-5-24-4-1-2-6-31(24)32/h1-21H. The van der Waals surface area contributed by atoms with E-state index in [1.807, 2.05) is 0 Å². The normalized spacial score (nSPS) is 11.2. The fourth-order valence-electron chi connectivity index (χ4n) is 4.57. The summed E-state index contributed by atoms with van der Waals surface area (Å²) in [5.74, 6) is 0. The lowest BCUT2D eigenvalue weighted by Crippen LogP contribution is -1.84. The summed E-state index contributed by atoms with van der Waals surface area (Å²) in [6, 6.07) is 46.2. The Morgan fingerprint density at radius 2 is 0.879 bits per heavy atom. The van der Waals surface area contributed by atoms with E-state index in [2.05, 4.69) is 150 Å². The van der Waals surface area contributed by atoms with Crippen LogP contribution in [-0.4, -0.2) is 0 Å². The molecule has 0 atom stereocenters. The molecular weight excluding hydrogens is 511 g/mol. The predicted octanol–water partition coefficient (Wildman–Crippen LogP) is 9.60. The lowest BCUT2D eigenvalue weighted by atomic mass is 9.95. The van der Waals surface area contributed by atoms with Crippen LogP contribution < -0.4 is 0 Å². The molecule has 0 saturated heterocycles. The summed E-state index contributed by atoms with van der Waals surface area (Å²) >= 11 is 2.35. The highest BCUT2D eigenvalue weighted by Gasteiger charge is 2.06. The van der Waals surface area contributed by atoms with Crippen molar-refractivity contribution < 1.29 is 0 Å². The SMILES string of the molecule is Ic1ccc(-c2ccc3cc(-c4ccc(-c5cccc6ccccc56)cc4)ccc3c2)cc1. The van der Waals surface area contributed by atoms with E-state index in [0.717, 1.165) is 0 Å². The molecule has 0 radical (unpaired) electrons. The second kappa shape index (κ2) is 8.49. The minimum Gasteiger partial charge on any atom is -0.0616 e. The van der Waals surface area contributed by atoms with Crippen molar-refractivity contribution in [1.29, 1.82) is 0 Å². The number of halogens is 1. The Hall–Kier alpha value is -3.43. The summed E-state index contributed by atoms with van der Waals surface area (Å²) in [6.45, 7) is 0. The highest BCUT2D eigenvalue weighted by atomic mass is 127. The summed E-state index contributed by atoms with van der Waals surface area (Å²) in [5, 5.41) is 5.10. The molecule has 0 amide bonds. The van der Waals surface area contributed by atoms with Crippen LogP contribution in [0, 0.1) is 3.57 Å². The third-order valence-corrected chi connectivity index (χ3v) is 7.06. The van der Waals surface area contributed by atoms with Gasteiger partial charge in [-0.2, -0.15) is 0 Å². The van der Waals surface area contributed by atoms with Crippen LogP contribution in [-0.2, 0) is 0 Å². The van der Waals surface area contributed by atoms with E-state index < -0.39 is 0 Å². The van der Waals surface area contributed by atoms with Gasteiger partial charge in [0.25, 0.3) is 0 Å². The average molecular weight is 532 g/mol. The zero-order chi connectivity index (χ0) is 22.2. The van der Waals surface area contributed by atoms with E-state index in [4.69, 9.17) is 0 Å². The number of benzene rings is 6. The summed E-state index contributed by atoms with van der Waals surface area (Å²) < 4.78 is 1.26. The van der Waals surface area contributed by atoms with Crippen LogP contribution >= 0.6 is 22.6 Å². The maximum atomic E-state index is 2.35. The Morgan fingerprint density at radius 3 is 1.55 bits per heavy atom. The molecule has 0 saturated carbocycles. The number of fused-ring (bicyclic) bond motifs is 2. The number of hydrogen-bond donors (Lipinski definition) is 0. The van der Waals surface area contributed by atoms with Crippen molar-refractivity contribution >= 4 is 44.1 Å². The first-order chi connectivity index (χ1) is 16.2. The fraction of sp³-hybridized carbons (Fsp3) is 0. The molecule has 0 bridgehead atoms. The molecule has 6 aromatic rings. The molecule has 0 spiro atoms. The highest BCUT2D eigenvalue weighted by molar-refractivity contribution is 14.1. The third kappa shape index (κ3) is 3.94. The van der Waals surface area contributed by atoms with Crippen molar-refractivity contribution in [1.82, 2.24) is 0 Å². The molecule has 6 rings (SSSR count). The lowest BCUT2D eigenvalue weighted by molar-refractivity contribution is 1.60. The van der Waals surface area contributed by atoms with E-state index in [9.17, 15) is 0 Å². The van der Waals surface area contributed by atoms with E-state index in [1.54, 1.807) is 0 Å². The molecule has 0 aliphatic rings. The van der Waals surface area contributed by atoms with Crippen molar-refractivity contribution in [2.45, 2.75) is 0 Å². The summed E-state index contributed by atoms with van der Waals surface area (Å²) in [7, 11) is 0. The van der Waals surface area contributed by atoms with Gasteiger partial charge in [0.1, 0.15) is 0 Å². The first-order valence-corrected chi connectivity index (χ1v) is 12.2. The molecule has 0 aliphatic carbocycles. The fourth-order valence-corrected chi connectivity index (χ4v) is 4.93. The van der Waals surface area contributed by atoms with Crippen LogP contribution in [0.2, 0.25) is 0 Å². The zero-order valence-electron chi connectivity index (χ0n) is 18.0. The predicted molar refractivity (Wildman–Crippen MR) is 150 cm³/mol. The molecule has 6 aromatic carbocycles. The van der Waals surface area contributed by atoms with Gasteiger partial charge in [0.15, 0.2) is 0 Å². The Kier molecular flexibility index (Phi) is 5.20. The van der Waals surface area contributed by atoms with Gasteiger partial charge in [-0.05, 0) is 102 Å². The Bertz CT molecular complexity index is 1590. The largest absolute Gasteiger partial charge is 0.0616 e. The molecule has 0 aliphatic heterocycles. The van der Waals surface area contributed by atoms with Crippen molar-refractivity contribution in [3.05, 3.63) is 131 Å². The molecule has 0 fully saturated rings. The second-order valence-electron chi connectivity index (χ2n) is 8.39. The minimum absolute atomic E-state index is 1.24. The van der Waals surface area contributed by atoms with Gasteiger partial charge in [-0.3, -0.25) is 0 Å². The molecule has 156 valence electrons. The number of rotatable bonds is 3. The zero-order valence-corrected chi connectivity index (χ0v) is 20.2. The van der Waals surface area contributed by atoms with E-state index in [1.165, 1.54) is 58.5 Å². The summed E-state index contributed by atoms with van der Waals surface area (Å²) in [6.07, 6.45) is 0. The van der Waals surface area contributed by atoms with Crippen molar-refractivity contribution in [3.63, 3.8) is 0 Å². The first kappa shape index (κ1) is 20.2. The molecule has 0 aromatic heterocycles. The van der Waals surface area contributed by atoms with Crippen LogP contribution in [0.4, 0.5) is 0 Å². The van der Waals surface area contributed by atoms with Crippen LogP contribution in [0.5, 0.6) is 0 Å². The van der Waals surface area contributed by atoms with Crippen molar-refractivity contribution in [3.8, 4) is 33.4 Å². The van der Waals surface area contributed by atoms with Gasteiger partial charge in [0.2, 0.25) is 0 Å². The second-order valence-corrected chi connectivity index (χ2v) is 9.63. The van der Waals surface area contributed by atoms with Crippen molar-refractivity contribution in [2.24, 2.45) is 0 Å². The Labute approximate surface area is 207 Å². The lowest BCUT2D eigenvalue weighted by Gasteiger charge is -2.10. The quantitative estimate of drug-likeness (QED) is 0.199. The summed E-state index contributed by atoms with van der Waals surface area (Å²) in [4.78, 5) is 0. The smallest absolute Gasteiger partial charge is 0.0130 e. The first-order valence-electron chi connectivity index (χ1n) is 11.1. The molecule has 0 N–H and O–H groups in total. The van der Waals surface area contributed by atoms with Gasteiger partial charge in [0, 0.05) is 3.57 Å². The molecule has 0 unspecified atom stereocenters. The topological polar surface area (TPSA) is 0 Å². The van der Waals surface area contributed by atoms with E-state index >= 15 is 0 Å². The van der Waals surface area contributed by atoms with Crippen LogP contribution in [0.25, 0.3) is 54.9 Å². The van der Waals surface area contributed by atoms with Gasteiger partial charge in [-0.15, -0.1) is 0 Å². The van der Waals surface area contributed by atoms with Gasteiger partial charge in [-0.1, -0.05) is 103 Å². The van der Waals surface area contributed by atoms with Crippen molar-refractivity contribution in [2.75, 3.05) is 0 Å². The molecule has 0 heterocycles. The van der Waals surface area contributed by atoms with Crippen LogP contribution in [0.1, 0.15) is 0 Å². The molecule has 0 nitrogen and oxygen atoms in total. The molecular formula is C32H21I. The number of hydrogen-bond acceptors (Lipinski definition) is 0. The molecule has 33 heavy (non-hydrogen) atoms. The maximum absolute atomic E-state index is 2.35. The maximum Gasteiger partial charge on any atom is 0.0130 e. The van der Waals surface area contributed by atoms with Gasteiger partial charge in [0.05, 0.1) is 0 Å². The Balaban J connectivity index is 1.33. The highest BCUT2D eigenvalue weighted by Crippen LogP contribution is 2.32. The van der Waals surface area contributed by atoms with E-state index in [0.29, 0.717) is 0 Å². The average Bonchev–Trinajstić information content (AvgIpc) is 2.88. The third-order valence-electron chi connectivity index (χ3n) is 6.34. The van der Waals surface area contributed by atoms with Crippen LogP contribution in [0.3, 0.4) is 0 Å². The van der Waals surface area contributed by atoms with Crippen LogP contribution in [0.15, 0.2) is 127 Å². The minimum atomic E-state index is 1.24. The Morgan fingerprint density at radius 1 is 0.364 bits per heavy atom. The monoisotopic (exact) mass is 532 g/mol. The van der Waals surface area contributed by atoms with E-state index in [-0.39, 0.29) is 0 Å².